The molecule has 14 heavy (non-hydrogen) atoms. The molecule has 1 aliphatic rings. The first-order valence-corrected chi connectivity index (χ1v) is 8.08. The molecule has 0 aliphatic carbocycles. The Labute approximate surface area is 87.9 Å². The zero-order valence-electron chi connectivity index (χ0n) is 10.1. The van der Waals surface area contributed by atoms with E-state index in [9.17, 15) is 0 Å². The van der Waals surface area contributed by atoms with E-state index in [1.807, 2.05) is 6.92 Å². The van der Waals surface area contributed by atoms with E-state index >= 15 is 0 Å². The summed E-state index contributed by atoms with van der Waals surface area (Å²) < 4.78 is 16.8. The van der Waals surface area contributed by atoms with Gasteiger partial charge in [-0.3, -0.25) is 0 Å². The average Bonchev–Trinajstić information content (AvgIpc) is 2.31. The van der Waals surface area contributed by atoms with Gasteiger partial charge < -0.3 is 13.9 Å². The molecule has 84 valence electrons. The van der Waals surface area contributed by atoms with Crippen LogP contribution in [-0.2, 0) is 13.9 Å². The minimum Gasteiger partial charge on any atom is -0.390 e. The Morgan fingerprint density at radius 2 is 1.86 bits per heavy atom. The summed E-state index contributed by atoms with van der Waals surface area (Å²) in [6, 6.07) is 0. The summed E-state index contributed by atoms with van der Waals surface area (Å²) in [6.07, 6.45) is -0.282. The fraction of sp³-hybridized carbons (Fsp3) is 1.00. The second-order valence-electron chi connectivity index (χ2n) is 5.34. The lowest BCUT2D eigenvalue weighted by atomic mass is 10.2. The minimum absolute atomic E-state index is 0.121. The van der Waals surface area contributed by atoms with Gasteiger partial charge in [0.2, 0.25) is 0 Å². The van der Waals surface area contributed by atoms with E-state index in [0.717, 1.165) is 0 Å². The van der Waals surface area contributed by atoms with Crippen LogP contribution in [-0.4, -0.2) is 27.5 Å². The SMILES string of the molecule is CC1OCC(O[Si](C)(C)C(C)(C)C)O1. The topological polar surface area (TPSA) is 27.7 Å². The largest absolute Gasteiger partial charge is 0.390 e. The normalized spacial score (nSPS) is 29.6. The molecule has 0 saturated carbocycles. The molecule has 1 heterocycles. The second-order valence-corrected chi connectivity index (χ2v) is 10.1. The smallest absolute Gasteiger partial charge is 0.195 e. The van der Waals surface area contributed by atoms with Crippen LogP contribution in [0.15, 0.2) is 0 Å². The predicted octanol–water partition coefficient (Wildman–Crippen LogP) is 2.73. The Bertz CT molecular complexity index is 198. The van der Waals surface area contributed by atoms with Crippen LogP contribution >= 0.6 is 0 Å². The molecule has 0 aromatic rings. The van der Waals surface area contributed by atoms with Crippen molar-refractivity contribution in [3.63, 3.8) is 0 Å². The van der Waals surface area contributed by atoms with Crippen LogP contribution in [0.4, 0.5) is 0 Å². The third-order valence-corrected chi connectivity index (χ3v) is 7.51. The summed E-state index contributed by atoms with van der Waals surface area (Å²) in [5, 5.41) is 0.224. The van der Waals surface area contributed by atoms with Crippen molar-refractivity contribution in [1.29, 1.82) is 0 Å². The standard InChI is InChI=1S/C10H22O3Si/c1-8-11-7-9(12-8)13-14(5,6)10(2,3)4/h8-9H,7H2,1-6H3. The molecule has 0 bridgehead atoms. The van der Waals surface area contributed by atoms with E-state index in [2.05, 4.69) is 33.9 Å². The Balaban J connectivity index is 2.51. The van der Waals surface area contributed by atoms with Crippen molar-refractivity contribution in [2.75, 3.05) is 6.61 Å². The third kappa shape index (κ3) is 2.79. The highest BCUT2D eigenvalue weighted by Gasteiger charge is 2.41. The first kappa shape index (κ1) is 12.2. The number of hydrogen-bond donors (Lipinski definition) is 0. The Kier molecular flexibility index (Phi) is 3.41. The molecule has 1 aliphatic heterocycles. The highest BCUT2D eigenvalue weighted by Crippen LogP contribution is 2.38. The summed E-state index contributed by atoms with van der Waals surface area (Å²) in [6.45, 7) is 13.6. The Morgan fingerprint density at radius 1 is 1.29 bits per heavy atom. The van der Waals surface area contributed by atoms with Crippen LogP contribution in [0.5, 0.6) is 0 Å². The van der Waals surface area contributed by atoms with Gasteiger partial charge in [0.05, 0.1) is 0 Å². The van der Waals surface area contributed by atoms with Crippen LogP contribution in [0.2, 0.25) is 18.1 Å². The molecule has 0 aromatic heterocycles. The van der Waals surface area contributed by atoms with Gasteiger partial charge in [-0.2, -0.15) is 0 Å². The molecule has 2 atom stereocenters. The van der Waals surface area contributed by atoms with Crippen LogP contribution in [0, 0.1) is 0 Å². The first-order chi connectivity index (χ1) is 6.22. The van der Waals surface area contributed by atoms with E-state index in [1.54, 1.807) is 0 Å². The van der Waals surface area contributed by atoms with Crippen molar-refractivity contribution < 1.29 is 13.9 Å². The van der Waals surface area contributed by atoms with Gasteiger partial charge in [-0.05, 0) is 25.1 Å². The summed E-state index contributed by atoms with van der Waals surface area (Å²) in [4.78, 5) is 0. The number of hydrogen-bond acceptors (Lipinski definition) is 3. The lowest BCUT2D eigenvalue weighted by Crippen LogP contribution is -2.44. The van der Waals surface area contributed by atoms with Gasteiger partial charge in [0, 0.05) is 0 Å². The van der Waals surface area contributed by atoms with Crippen molar-refractivity contribution in [3.8, 4) is 0 Å². The van der Waals surface area contributed by atoms with E-state index in [1.165, 1.54) is 0 Å². The highest BCUT2D eigenvalue weighted by molar-refractivity contribution is 6.74. The van der Waals surface area contributed by atoms with Crippen molar-refractivity contribution in [3.05, 3.63) is 0 Å². The van der Waals surface area contributed by atoms with Gasteiger partial charge in [0.1, 0.15) is 6.61 Å². The van der Waals surface area contributed by atoms with E-state index in [0.29, 0.717) is 6.61 Å². The quantitative estimate of drug-likeness (QED) is 0.667. The van der Waals surface area contributed by atoms with E-state index in [4.69, 9.17) is 13.9 Å². The maximum absolute atomic E-state index is 6.03. The molecule has 4 heteroatoms. The maximum Gasteiger partial charge on any atom is 0.195 e. The number of ether oxygens (including phenoxy) is 2. The molecule has 1 saturated heterocycles. The molecule has 0 N–H and O–H groups in total. The van der Waals surface area contributed by atoms with Crippen LogP contribution in [0.3, 0.4) is 0 Å². The number of rotatable bonds is 2. The summed E-state index contributed by atoms with van der Waals surface area (Å²) in [7, 11) is -1.70. The van der Waals surface area contributed by atoms with Gasteiger partial charge in [-0.25, -0.2) is 0 Å². The van der Waals surface area contributed by atoms with Crippen LogP contribution in [0.25, 0.3) is 0 Å². The molecule has 1 rings (SSSR count). The third-order valence-electron chi connectivity index (χ3n) is 3.04. The van der Waals surface area contributed by atoms with Crippen molar-refractivity contribution in [2.24, 2.45) is 0 Å². The zero-order valence-corrected chi connectivity index (χ0v) is 11.1. The highest BCUT2D eigenvalue weighted by atomic mass is 28.4. The van der Waals surface area contributed by atoms with Crippen molar-refractivity contribution in [1.82, 2.24) is 0 Å². The van der Waals surface area contributed by atoms with Gasteiger partial charge in [-0.1, -0.05) is 20.8 Å². The van der Waals surface area contributed by atoms with Gasteiger partial charge >= 0.3 is 0 Å². The van der Waals surface area contributed by atoms with E-state index < -0.39 is 8.32 Å². The Morgan fingerprint density at radius 3 is 2.21 bits per heavy atom. The fourth-order valence-corrected chi connectivity index (χ4v) is 2.21. The molecule has 0 radical (unpaired) electrons. The van der Waals surface area contributed by atoms with Crippen LogP contribution < -0.4 is 0 Å². The molecule has 3 nitrogen and oxygen atoms in total. The van der Waals surface area contributed by atoms with Gasteiger partial charge in [0.25, 0.3) is 0 Å². The van der Waals surface area contributed by atoms with E-state index in [-0.39, 0.29) is 17.6 Å². The molecular formula is C10H22O3Si. The molecule has 0 aromatic carbocycles. The second kappa shape index (κ2) is 3.93. The van der Waals surface area contributed by atoms with Gasteiger partial charge in [0.15, 0.2) is 20.9 Å². The monoisotopic (exact) mass is 218 g/mol. The Hall–Kier alpha value is 0.0969. The summed E-state index contributed by atoms with van der Waals surface area (Å²) in [5.74, 6) is 0. The van der Waals surface area contributed by atoms with Crippen molar-refractivity contribution in [2.45, 2.75) is 58.4 Å². The average molecular weight is 218 g/mol. The zero-order chi connectivity index (χ0) is 11.0. The predicted molar refractivity (Wildman–Crippen MR) is 58.6 cm³/mol. The molecular weight excluding hydrogens is 196 g/mol. The summed E-state index contributed by atoms with van der Waals surface area (Å²) >= 11 is 0. The molecule has 0 amide bonds. The molecule has 1 fully saturated rings. The van der Waals surface area contributed by atoms with Gasteiger partial charge in [-0.15, -0.1) is 0 Å². The molecule has 2 unspecified atom stereocenters. The minimum atomic E-state index is -1.70. The first-order valence-electron chi connectivity index (χ1n) is 5.17. The lowest BCUT2D eigenvalue weighted by Gasteiger charge is -2.37. The summed E-state index contributed by atoms with van der Waals surface area (Å²) in [5.41, 5.74) is 0. The van der Waals surface area contributed by atoms with Crippen molar-refractivity contribution >= 4 is 8.32 Å². The molecule has 0 spiro atoms. The fourth-order valence-electron chi connectivity index (χ4n) is 1.07. The lowest BCUT2D eigenvalue weighted by molar-refractivity contribution is -0.0976. The van der Waals surface area contributed by atoms with Crippen LogP contribution in [0.1, 0.15) is 27.7 Å². The maximum atomic E-state index is 6.03.